The number of nitrogens with zero attached hydrogens (tertiary/aromatic N) is 2. The summed E-state index contributed by atoms with van der Waals surface area (Å²) in [6.45, 7) is 0. The molecule has 0 aliphatic heterocycles. The average molecular weight is 318 g/mol. The fourth-order valence-electron chi connectivity index (χ4n) is 2.17. The van der Waals surface area contributed by atoms with Crippen LogP contribution in [-0.2, 0) is 22.4 Å². The minimum Gasteiger partial charge on any atom is -0.480 e. The van der Waals surface area contributed by atoms with Crippen molar-refractivity contribution >= 4 is 23.2 Å². The summed E-state index contributed by atoms with van der Waals surface area (Å²) in [6, 6.07) is 8.47. The molecule has 0 bridgehead atoms. The van der Waals surface area contributed by atoms with Gasteiger partial charge in [-0.2, -0.15) is 0 Å². The molecular weight excluding hydrogens is 300 g/mol. The Morgan fingerprint density at radius 3 is 2.64 bits per heavy atom. The van der Waals surface area contributed by atoms with Gasteiger partial charge in [0.25, 0.3) is 0 Å². The Morgan fingerprint density at radius 1 is 1.32 bits per heavy atom. The van der Waals surface area contributed by atoms with Crippen molar-refractivity contribution in [3.8, 4) is 0 Å². The van der Waals surface area contributed by atoms with E-state index in [1.54, 1.807) is 13.2 Å². The molecule has 0 saturated heterocycles. The van der Waals surface area contributed by atoms with Crippen LogP contribution in [0.3, 0.4) is 0 Å². The van der Waals surface area contributed by atoms with Gasteiger partial charge in [-0.15, -0.1) is 11.3 Å². The van der Waals surface area contributed by atoms with E-state index in [9.17, 15) is 14.7 Å². The van der Waals surface area contributed by atoms with Gasteiger partial charge in [-0.05, 0) is 5.56 Å². The van der Waals surface area contributed by atoms with Crippen molar-refractivity contribution in [2.24, 2.45) is 0 Å². The first kappa shape index (κ1) is 16.2. The van der Waals surface area contributed by atoms with Gasteiger partial charge in [0.1, 0.15) is 6.04 Å². The number of aliphatic carboxylic acids is 1. The molecule has 1 unspecified atom stereocenters. The molecule has 5 nitrogen and oxygen atoms in total. The highest BCUT2D eigenvalue weighted by atomic mass is 32.1. The van der Waals surface area contributed by atoms with Crippen molar-refractivity contribution in [1.82, 2.24) is 9.88 Å². The predicted molar refractivity (Wildman–Crippen MR) is 84.8 cm³/mol. The molecule has 1 aromatic carbocycles. The number of carboxylic acid groups (broad SMARTS) is 1. The van der Waals surface area contributed by atoms with E-state index in [1.165, 1.54) is 16.2 Å². The molecule has 22 heavy (non-hydrogen) atoms. The van der Waals surface area contributed by atoms with Gasteiger partial charge in [-0.1, -0.05) is 30.3 Å². The lowest BCUT2D eigenvalue weighted by Crippen LogP contribution is -2.43. The second-order valence-corrected chi connectivity index (χ2v) is 5.95. The Kier molecular flexibility index (Phi) is 5.66. The molecule has 1 aromatic heterocycles. The van der Waals surface area contributed by atoms with E-state index in [0.717, 1.165) is 10.6 Å². The number of hydrogen-bond donors (Lipinski definition) is 1. The minimum absolute atomic E-state index is 0.182. The number of benzene rings is 1. The van der Waals surface area contributed by atoms with Crippen molar-refractivity contribution < 1.29 is 14.7 Å². The predicted octanol–water partition coefficient (Wildman–Crippen LogP) is 2.23. The van der Waals surface area contributed by atoms with Gasteiger partial charge in [0, 0.05) is 37.9 Å². The van der Waals surface area contributed by atoms with Crippen LogP contribution in [0.25, 0.3) is 0 Å². The summed E-state index contributed by atoms with van der Waals surface area (Å²) in [5, 5.41) is 12.1. The van der Waals surface area contributed by atoms with E-state index in [2.05, 4.69) is 4.98 Å². The average Bonchev–Trinajstić information content (AvgIpc) is 3.03. The summed E-state index contributed by atoms with van der Waals surface area (Å²) in [5.74, 6) is -1.17. The third kappa shape index (κ3) is 4.39. The lowest BCUT2D eigenvalue weighted by atomic mass is 10.0. The van der Waals surface area contributed by atoms with Crippen LogP contribution in [0.15, 0.2) is 41.9 Å². The number of aryl methyl sites for hydroxylation is 1. The van der Waals surface area contributed by atoms with Gasteiger partial charge in [-0.3, -0.25) is 4.79 Å². The molecule has 2 rings (SSSR count). The van der Waals surface area contributed by atoms with Gasteiger partial charge in [0.2, 0.25) is 5.91 Å². The number of thiazole rings is 1. The fraction of sp³-hybridized carbons (Fsp3) is 0.312. The number of carbonyl (C=O) groups excluding carboxylic acids is 1. The van der Waals surface area contributed by atoms with Gasteiger partial charge in [0.05, 0.1) is 5.01 Å². The Labute approximate surface area is 133 Å². The summed E-state index contributed by atoms with van der Waals surface area (Å²) in [6.07, 6.45) is 2.81. The van der Waals surface area contributed by atoms with Crippen molar-refractivity contribution in [3.05, 3.63) is 52.5 Å². The Bertz CT molecular complexity index is 614. The highest BCUT2D eigenvalue weighted by molar-refractivity contribution is 7.09. The summed E-state index contributed by atoms with van der Waals surface area (Å²) in [7, 11) is 1.55. The van der Waals surface area contributed by atoms with E-state index >= 15 is 0 Å². The highest BCUT2D eigenvalue weighted by Gasteiger charge is 2.26. The highest BCUT2D eigenvalue weighted by Crippen LogP contribution is 2.12. The topological polar surface area (TPSA) is 70.5 Å². The number of likely N-dealkylation sites (N-methyl/N-ethyl adjacent to an activating group) is 1. The Balaban J connectivity index is 1.97. The van der Waals surface area contributed by atoms with Crippen LogP contribution in [0.1, 0.15) is 17.0 Å². The van der Waals surface area contributed by atoms with Crippen LogP contribution in [-0.4, -0.2) is 40.0 Å². The number of rotatable bonds is 7. The maximum atomic E-state index is 12.2. The quantitative estimate of drug-likeness (QED) is 0.850. The van der Waals surface area contributed by atoms with Crippen molar-refractivity contribution in [2.45, 2.75) is 25.3 Å². The van der Waals surface area contributed by atoms with E-state index in [0.29, 0.717) is 12.8 Å². The maximum Gasteiger partial charge on any atom is 0.326 e. The molecule has 1 amide bonds. The molecule has 1 N–H and O–H groups in total. The fourth-order valence-corrected chi connectivity index (χ4v) is 2.79. The van der Waals surface area contributed by atoms with Gasteiger partial charge in [-0.25, -0.2) is 9.78 Å². The second-order valence-electron chi connectivity index (χ2n) is 4.97. The zero-order chi connectivity index (χ0) is 15.9. The number of carboxylic acids is 1. The summed E-state index contributed by atoms with van der Waals surface area (Å²) < 4.78 is 0. The molecule has 0 aliphatic carbocycles. The molecule has 0 aliphatic rings. The minimum atomic E-state index is -0.992. The van der Waals surface area contributed by atoms with Crippen LogP contribution in [0, 0.1) is 0 Å². The molecule has 0 spiro atoms. The zero-order valence-corrected chi connectivity index (χ0v) is 13.1. The molecule has 0 fully saturated rings. The van der Waals surface area contributed by atoms with E-state index in [-0.39, 0.29) is 12.3 Å². The van der Waals surface area contributed by atoms with Crippen LogP contribution >= 0.6 is 11.3 Å². The van der Waals surface area contributed by atoms with E-state index < -0.39 is 12.0 Å². The molecule has 1 heterocycles. The Hall–Kier alpha value is -2.21. The zero-order valence-electron chi connectivity index (χ0n) is 12.3. The monoisotopic (exact) mass is 318 g/mol. The standard InChI is InChI=1S/C16H18N2O3S/c1-18(15(19)8-7-14-17-9-10-22-14)13(16(20)21)11-12-5-3-2-4-6-12/h2-6,9-10,13H,7-8,11H2,1H3,(H,20,21). The van der Waals surface area contributed by atoms with Crippen LogP contribution < -0.4 is 0 Å². The van der Waals surface area contributed by atoms with E-state index in [1.807, 2.05) is 35.7 Å². The number of hydrogen-bond acceptors (Lipinski definition) is 4. The SMILES string of the molecule is CN(C(=O)CCc1nccs1)C(Cc1ccccc1)C(=O)O. The molecule has 0 saturated carbocycles. The van der Waals surface area contributed by atoms with Gasteiger partial charge >= 0.3 is 5.97 Å². The molecule has 116 valence electrons. The molecule has 2 aromatic rings. The summed E-state index contributed by atoms with van der Waals surface area (Å²) >= 11 is 1.50. The first-order valence-corrected chi connectivity index (χ1v) is 7.86. The third-order valence-electron chi connectivity index (χ3n) is 3.45. The number of carbonyl (C=O) groups is 2. The van der Waals surface area contributed by atoms with Gasteiger partial charge < -0.3 is 10.0 Å². The lowest BCUT2D eigenvalue weighted by molar-refractivity contribution is -0.149. The summed E-state index contributed by atoms with van der Waals surface area (Å²) in [5.41, 5.74) is 0.898. The van der Waals surface area contributed by atoms with Crippen molar-refractivity contribution in [1.29, 1.82) is 0 Å². The normalized spacial score (nSPS) is 11.9. The van der Waals surface area contributed by atoms with E-state index in [4.69, 9.17) is 0 Å². The molecular formula is C16H18N2O3S. The summed E-state index contributed by atoms with van der Waals surface area (Å²) in [4.78, 5) is 29.1. The smallest absolute Gasteiger partial charge is 0.326 e. The van der Waals surface area contributed by atoms with Crippen LogP contribution in [0.5, 0.6) is 0 Å². The van der Waals surface area contributed by atoms with Crippen molar-refractivity contribution in [2.75, 3.05) is 7.05 Å². The number of amides is 1. The van der Waals surface area contributed by atoms with Crippen LogP contribution in [0.4, 0.5) is 0 Å². The van der Waals surface area contributed by atoms with Crippen LogP contribution in [0.2, 0.25) is 0 Å². The second kappa shape index (κ2) is 7.70. The first-order valence-electron chi connectivity index (χ1n) is 6.98. The maximum absolute atomic E-state index is 12.2. The first-order chi connectivity index (χ1) is 10.6. The molecule has 0 radical (unpaired) electrons. The lowest BCUT2D eigenvalue weighted by Gasteiger charge is -2.25. The Morgan fingerprint density at radius 2 is 2.05 bits per heavy atom. The molecule has 1 atom stereocenters. The number of aromatic nitrogens is 1. The van der Waals surface area contributed by atoms with Gasteiger partial charge in [0.15, 0.2) is 0 Å². The molecule has 6 heteroatoms. The largest absolute Gasteiger partial charge is 0.480 e. The van der Waals surface area contributed by atoms with Crippen molar-refractivity contribution in [3.63, 3.8) is 0 Å². The third-order valence-corrected chi connectivity index (χ3v) is 4.29.